The number of halogens is 2. The Bertz CT molecular complexity index is 443. The molecule has 0 bridgehead atoms. The summed E-state index contributed by atoms with van der Waals surface area (Å²) in [5.74, 6) is -0.887. The van der Waals surface area contributed by atoms with Crippen LogP contribution in [0.3, 0.4) is 0 Å². The highest BCUT2D eigenvalue weighted by atomic mass is 35.5. The minimum absolute atomic E-state index is 0.170. The quantitative estimate of drug-likeness (QED) is 0.840. The maximum Gasteiger partial charge on any atom is 0.307 e. The topological polar surface area (TPSA) is 54.4 Å². The van der Waals surface area contributed by atoms with Gasteiger partial charge in [-0.2, -0.15) is 0 Å². The average Bonchev–Trinajstić information content (AvgIpc) is 2.27. The molecule has 1 rings (SSSR count). The van der Waals surface area contributed by atoms with Gasteiger partial charge < -0.3 is 5.11 Å². The zero-order valence-corrected chi connectivity index (χ0v) is 10.8. The van der Waals surface area contributed by atoms with E-state index in [2.05, 4.69) is 0 Å². The molecule has 0 heterocycles. The van der Waals surface area contributed by atoms with E-state index in [4.69, 9.17) is 28.3 Å². The molecule has 0 spiro atoms. The van der Waals surface area contributed by atoms with Crippen LogP contribution in [0.25, 0.3) is 0 Å². The number of aliphatic carboxylic acids is 1. The van der Waals surface area contributed by atoms with E-state index >= 15 is 0 Å². The van der Waals surface area contributed by atoms with Crippen molar-refractivity contribution in [3.05, 3.63) is 34.9 Å². The van der Waals surface area contributed by atoms with Crippen LogP contribution >= 0.6 is 23.2 Å². The van der Waals surface area contributed by atoms with Crippen LogP contribution in [-0.4, -0.2) is 16.9 Å². The molecule has 0 amide bonds. The molecule has 1 N–H and O–H groups in total. The second-order valence-electron chi connectivity index (χ2n) is 3.71. The number of carbonyl (C=O) groups excluding carboxylic acids is 1. The smallest absolute Gasteiger partial charge is 0.307 e. The Morgan fingerprint density at radius 1 is 1.41 bits per heavy atom. The van der Waals surface area contributed by atoms with Crippen molar-refractivity contribution in [1.82, 2.24) is 0 Å². The van der Waals surface area contributed by atoms with Crippen LogP contribution in [0, 0.1) is 0 Å². The van der Waals surface area contributed by atoms with E-state index in [0.717, 1.165) is 5.56 Å². The molecular formula is C12H12Cl2O3. The van der Waals surface area contributed by atoms with Gasteiger partial charge >= 0.3 is 5.97 Å². The number of rotatable bonds is 5. The zero-order chi connectivity index (χ0) is 13.0. The van der Waals surface area contributed by atoms with Crippen molar-refractivity contribution >= 4 is 35.0 Å². The molecule has 1 aromatic rings. The molecule has 1 atom stereocenters. The van der Waals surface area contributed by atoms with Gasteiger partial charge in [-0.1, -0.05) is 18.2 Å². The van der Waals surface area contributed by atoms with Gasteiger partial charge in [0.2, 0.25) is 0 Å². The summed E-state index contributed by atoms with van der Waals surface area (Å²) in [6, 6.07) is 5.08. The van der Waals surface area contributed by atoms with E-state index < -0.39 is 11.3 Å². The second kappa shape index (κ2) is 6.03. The van der Waals surface area contributed by atoms with Crippen LogP contribution in [0.1, 0.15) is 29.0 Å². The Labute approximate surface area is 109 Å². The first-order chi connectivity index (χ1) is 7.95. The molecule has 1 aromatic carbocycles. The lowest BCUT2D eigenvalue weighted by atomic mass is 9.98. The summed E-state index contributed by atoms with van der Waals surface area (Å²) in [6.45, 7) is 1.37. The minimum atomic E-state index is -0.967. The van der Waals surface area contributed by atoms with E-state index in [1.165, 1.54) is 6.92 Å². The molecule has 0 fully saturated rings. The molecular weight excluding hydrogens is 263 g/mol. The number of carboxylic acids is 1. The normalized spacial score (nSPS) is 12.2. The molecule has 17 heavy (non-hydrogen) atoms. The van der Waals surface area contributed by atoms with Crippen molar-refractivity contribution in [1.29, 1.82) is 0 Å². The molecule has 92 valence electrons. The molecule has 0 radical (unpaired) electrons. The first-order valence-electron chi connectivity index (χ1n) is 4.99. The summed E-state index contributed by atoms with van der Waals surface area (Å²) in [6.07, 6.45) is -0.170. The van der Waals surface area contributed by atoms with Gasteiger partial charge in [-0.15, -0.1) is 23.2 Å². The largest absolute Gasteiger partial charge is 0.481 e. The second-order valence-corrected chi connectivity index (χ2v) is 4.41. The van der Waals surface area contributed by atoms with E-state index in [-0.39, 0.29) is 12.2 Å². The van der Waals surface area contributed by atoms with E-state index in [1.54, 1.807) is 18.2 Å². The van der Waals surface area contributed by atoms with Gasteiger partial charge in [0.05, 0.1) is 6.42 Å². The number of carbonyl (C=O) groups is 2. The first kappa shape index (κ1) is 14.0. The molecule has 0 aliphatic rings. The average molecular weight is 275 g/mol. The van der Waals surface area contributed by atoms with Gasteiger partial charge in [-0.25, -0.2) is 0 Å². The lowest BCUT2D eigenvalue weighted by Gasteiger charge is -2.12. The van der Waals surface area contributed by atoms with Gasteiger partial charge in [0.15, 0.2) is 5.78 Å². The number of hydrogen-bond donors (Lipinski definition) is 1. The number of benzene rings is 1. The number of hydrogen-bond acceptors (Lipinski definition) is 2. The number of Topliss-reactive ketones (excluding diaryl/α,β-unsaturated/α-hetero) is 1. The Balaban J connectivity index is 3.18. The van der Waals surface area contributed by atoms with Crippen molar-refractivity contribution in [2.75, 3.05) is 0 Å². The summed E-state index contributed by atoms with van der Waals surface area (Å²) in [5.41, 5.74) is 1.88. The highest BCUT2D eigenvalue weighted by Crippen LogP contribution is 2.27. The van der Waals surface area contributed by atoms with Crippen molar-refractivity contribution in [2.24, 2.45) is 0 Å². The molecule has 0 aliphatic heterocycles. The van der Waals surface area contributed by atoms with Crippen LogP contribution in [0.15, 0.2) is 18.2 Å². The molecule has 0 aliphatic carbocycles. The van der Waals surface area contributed by atoms with Crippen LogP contribution in [-0.2, 0) is 21.9 Å². The fraction of sp³-hybridized carbons (Fsp3) is 0.333. The Morgan fingerprint density at radius 3 is 2.53 bits per heavy atom. The molecule has 0 aromatic heterocycles. The van der Waals surface area contributed by atoms with E-state index in [9.17, 15) is 9.59 Å². The van der Waals surface area contributed by atoms with Crippen LogP contribution in [0.4, 0.5) is 0 Å². The molecule has 5 heteroatoms. The fourth-order valence-corrected chi connectivity index (χ4v) is 1.90. The summed E-state index contributed by atoms with van der Waals surface area (Å²) in [7, 11) is 0. The van der Waals surface area contributed by atoms with Crippen molar-refractivity contribution in [3.63, 3.8) is 0 Å². The predicted octanol–water partition coefficient (Wildman–Crippen LogP) is 2.92. The van der Waals surface area contributed by atoms with Crippen molar-refractivity contribution in [3.8, 4) is 0 Å². The summed E-state index contributed by atoms with van der Waals surface area (Å²) < 4.78 is 0. The molecule has 3 nitrogen and oxygen atoms in total. The lowest BCUT2D eigenvalue weighted by molar-refractivity contribution is -0.136. The Morgan fingerprint density at radius 2 is 2.06 bits per heavy atom. The summed E-state index contributed by atoms with van der Waals surface area (Å²) in [5, 5.41) is 8.00. The predicted molar refractivity (Wildman–Crippen MR) is 66.6 cm³/mol. The molecule has 0 saturated carbocycles. The third kappa shape index (κ3) is 3.72. The fourth-order valence-electron chi connectivity index (χ4n) is 1.52. The van der Waals surface area contributed by atoms with Crippen LogP contribution < -0.4 is 0 Å². The number of ketones is 1. The van der Waals surface area contributed by atoms with Gasteiger partial charge in [-0.05, 0) is 23.6 Å². The molecule has 0 saturated heterocycles. The summed E-state index contributed by atoms with van der Waals surface area (Å²) in [4.78, 5) is 22.0. The summed E-state index contributed by atoms with van der Waals surface area (Å²) >= 11 is 11.6. The van der Waals surface area contributed by atoms with Crippen LogP contribution in [0.5, 0.6) is 0 Å². The maximum atomic E-state index is 11.2. The third-order valence-electron chi connectivity index (χ3n) is 2.33. The minimum Gasteiger partial charge on any atom is -0.481 e. The lowest BCUT2D eigenvalue weighted by Crippen LogP contribution is -2.09. The number of alkyl halides is 2. The van der Waals surface area contributed by atoms with Crippen molar-refractivity contribution < 1.29 is 14.7 Å². The highest BCUT2D eigenvalue weighted by molar-refractivity contribution is 6.31. The molecule has 1 unspecified atom stereocenters. The van der Waals surface area contributed by atoms with E-state index in [1.807, 2.05) is 0 Å². The van der Waals surface area contributed by atoms with Gasteiger partial charge in [0, 0.05) is 5.88 Å². The highest BCUT2D eigenvalue weighted by Gasteiger charge is 2.18. The monoisotopic (exact) mass is 274 g/mol. The maximum absolute atomic E-state index is 11.2. The van der Waals surface area contributed by atoms with Crippen molar-refractivity contribution in [2.45, 2.75) is 24.6 Å². The zero-order valence-electron chi connectivity index (χ0n) is 9.24. The van der Waals surface area contributed by atoms with Crippen LogP contribution in [0.2, 0.25) is 0 Å². The Hall–Kier alpha value is -1.06. The van der Waals surface area contributed by atoms with E-state index in [0.29, 0.717) is 17.0 Å². The Kier molecular flexibility index (Phi) is 4.97. The van der Waals surface area contributed by atoms with Gasteiger partial charge in [-0.3, -0.25) is 9.59 Å². The standard InChI is InChI=1S/C12H12Cl2O3/c1-7(15)12(14)10-3-2-8(6-13)4-9(10)5-11(16)17/h2-4,12H,5-6H2,1H3,(H,16,17). The SMILES string of the molecule is CC(=O)C(Cl)c1ccc(CCl)cc1CC(=O)O. The van der Waals surface area contributed by atoms with Gasteiger partial charge in [0.1, 0.15) is 5.38 Å². The third-order valence-corrected chi connectivity index (χ3v) is 3.18. The van der Waals surface area contributed by atoms with Gasteiger partial charge in [0.25, 0.3) is 0 Å². The first-order valence-corrected chi connectivity index (χ1v) is 5.96. The number of carboxylic acid groups (broad SMARTS) is 1.